The van der Waals surface area contributed by atoms with E-state index in [1.165, 1.54) is 19.2 Å². The molecule has 0 spiro atoms. The van der Waals surface area contributed by atoms with E-state index in [4.69, 9.17) is 9.47 Å². The second-order valence-corrected chi connectivity index (χ2v) is 7.74. The summed E-state index contributed by atoms with van der Waals surface area (Å²) in [6.45, 7) is 1.93. The predicted molar refractivity (Wildman–Crippen MR) is 128 cm³/mol. The predicted octanol–water partition coefficient (Wildman–Crippen LogP) is 5.91. The average molecular weight is 445 g/mol. The third-order valence-electron chi connectivity index (χ3n) is 5.66. The maximum absolute atomic E-state index is 14.1. The highest BCUT2D eigenvalue weighted by Gasteiger charge is 2.26. The van der Waals surface area contributed by atoms with E-state index >= 15 is 0 Å². The molecule has 168 valence electrons. The van der Waals surface area contributed by atoms with Gasteiger partial charge in [-0.05, 0) is 82.8 Å². The Labute approximate surface area is 191 Å². The molecule has 1 aliphatic rings. The van der Waals surface area contributed by atoms with Gasteiger partial charge in [-0.2, -0.15) is 0 Å². The Bertz CT molecular complexity index is 1290. The molecule has 0 saturated carbocycles. The first-order valence-corrected chi connectivity index (χ1v) is 10.4. The summed E-state index contributed by atoms with van der Waals surface area (Å²) in [5.41, 5.74) is 5.54. The van der Waals surface area contributed by atoms with Crippen molar-refractivity contribution in [1.82, 2.24) is 0 Å². The van der Waals surface area contributed by atoms with Gasteiger partial charge in [-0.1, -0.05) is 18.2 Å². The highest BCUT2D eigenvalue weighted by molar-refractivity contribution is 6.09. The summed E-state index contributed by atoms with van der Waals surface area (Å²) in [5.74, 6) is 0.489. The van der Waals surface area contributed by atoms with Crippen molar-refractivity contribution in [2.75, 3.05) is 19.5 Å². The third kappa shape index (κ3) is 4.60. The Morgan fingerprint density at radius 2 is 1.85 bits per heavy atom. The molecule has 0 aliphatic heterocycles. The number of methoxy groups -OCH3 is 2. The lowest BCUT2D eigenvalue weighted by Gasteiger charge is -2.09. The van der Waals surface area contributed by atoms with Crippen molar-refractivity contribution in [2.24, 2.45) is 0 Å². The van der Waals surface area contributed by atoms with Crippen molar-refractivity contribution in [1.29, 1.82) is 0 Å². The minimum absolute atomic E-state index is 0.0516. The molecule has 1 aliphatic carbocycles. The number of rotatable bonds is 6. The van der Waals surface area contributed by atoms with Crippen molar-refractivity contribution < 1.29 is 23.8 Å². The summed E-state index contributed by atoms with van der Waals surface area (Å²) in [6.07, 6.45) is 2.04. The second-order valence-electron chi connectivity index (χ2n) is 7.74. The molecule has 0 bridgehead atoms. The van der Waals surface area contributed by atoms with Gasteiger partial charge in [0.25, 0.3) is 0 Å². The number of carbonyl (C=O) groups is 1. The molecule has 0 aromatic heterocycles. The Balaban J connectivity index is 1.69. The Morgan fingerprint density at radius 3 is 2.61 bits per heavy atom. The molecule has 0 unspecified atom stereocenters. The van der Waals surface area contributed by atoms with Crippen LogP contribution in [0.3, 0.4) is 0 Å². The van der Waals surface area contributed by atoms with Gasteiger partial charge in [-0.15, -0.1) is 0 Å². The first-order chi connectivity index (χ1) is 15.9. The van der Waals surface area contributed by atoms with E-state index in [1.807, 2.05) is 13.0 Å². The van der Waals surface area contributed by atoms with Crippen LogP contribution in [0.1, 0.15) is 30.0 Å². The van der Waals surface area contributed by atoms with Crippen LogP contribution in [-0.2, 0) is 4.79 Å². The molecule has 0 saturated heterocycles. The minimum atomic E-state index is -0.361. The number of amides is 1. The van der Waals surface area contributed by atoms with Gasteiger partial charge < -0.3 is 19.9 Å². The summed E-state index contributed by atoms with van der Waals surface area (Å²) >= 11 is 0. The van der Waals surface area contributed by atoms with Crippen molar-refractivity contribution in [2.45, 2.75) is 13.3 Å². The van der Waals surface area contributed by atoms with Crippen LogP contribution in [0.4, 0.5) is 10.1 Å². The van der Waals surface area contributed by atoms with Gasteiger partial charge in [-0.25, -0.2) is 4.39 Å². The summed E-state index contributed by atoms with van der Waals surface area (Å²) in [6, 6.07) is 16.8. The molecule has 0 atom stereocenters. The molecule has 0 radical (unpaired) electrons. The lowest BCUT2D eigenvalue weighted by atomic mass is 10.0. The number of phenolic OH excluding ortho intramolecular Hbond substituents is 1. The van der Waals surface area contributed by atoms with Gasteiger partial charge in [0.15, 0.2) is 11.5 Å². The van der Waals surface area contributed by atoms with E-state index in [9.17, 15) is 14.3 Å². The number of hydrogen-bond acceptors (Lipinski definition) is 4. The maximum Gasteiger partial charge on any atom is 0.228 e. The SMILES string of the molecule is COc1cccc(NC(=O)CC2=C(C)C(=Cc3ccc(O)c(OC)c3)c3ccc(F)cc32)c1. The zero-order valence-corrected chi connectivity index (χ0v) is 18.6. The van der Waals surface area contributed by atoms with Gasteiger partial charge in [0, 0.05) is 11.8 Å². The monoisotopic (exact) mass is 445 g/mol. The maximum atomic E-state index is 14.1. The van der Waals surface area contributed by atoms with Crippen LogP contribution in [0.5, 0.6) is 17.2 Å². The fraction of sp³-hybridized carbons (Fsp3) is 0.148. The number of phenols is 1. The van der Waals surface area contributed by atoms with Gasteiger partial charge >= 0.3 is 0 Å². The van der Waals surface area contributed by atoms with E-state index in [0.29, 0.717) is 22.7 Å². The molecule has 6 heteroatoms. The summed E-state index contributed by atoms with van der Waals surface area (Å²) in [4.78, 5) is 12.9. The molecule has 1 amide bonds. The van der Waals surface area contributed by atoms with E-state index in [0.717, 1.165) is 27.8 Å². The largest absolute Gasteiger partial charge is 0.504 e. The van der Waals surface area contributed by atoms with Crippen LogP contribution in [-0.4, -0.2) is 25.2 Å². The topological polar surface area (TPSA) is 67.8 Å². The standard InChI is InChI=1S/C27H24FNO4/c1-16-22(11-17-7-10-25(30)26(12-17)33-3)21-9-8-18(28)13-24(21)23(16)15-27(31)29-19-5-4-6-20(14-19)32-2/h4-14,30H,15H2,1-3H3,(H,29,31). The average Bonchev–Trinajstić information content (AvgIpc) is 3.05. The summed E-state index contributed by atoms with van der Waals surface area (Å²) < 4.78 is 24.5. The van der Waals surface area contributed by atoms with Crippen LogP contribution in [0.25, 0.3) is 17.2 Å². The molecular formula is C27H24FNO4. The van der Waals surface area contributed by atoms with Crippen LogP contribution in [0.15, 0.2) is 66.2 Å². The lowest BCUT2D eigenvalue weighted by molar-refractivity contribution is -0.115. The number of anilines is 1. The van der Waals surface area contributed by atoms with E-state index in [2.05, 4.69) is 5.32 Å². The number of carbonyl (C=O) groups excluding carboxylic acids is 1. The first kappa shape index (κ1) is 22.1. The van der Waals surface area contributed by atoms with Crippen molar-refractivity contribution in [3.8, 4) is 17.2 Å². The summed E-state index contributed by atoms with van der Waals surface area (Å²) in [5, 5.41) is 12.8. The van der Waals surface area contributed by atoms with Crippen molar-refractivity contribution >= 4 is 28.8 Å². The van der Waals surface area contributed by atoms with Gasteiger partial charge in [-0.3, -0.25) is 4.79 Å². The quantitative estimate of drug-likeness (QED) is 0.495. The number of nitrogens with one attached hydrogen (secondary N) is 1. The summed E-state index contributed by atoms with van der Waals surface area (Å²) in [7, 11) is 3.06. The number of benzene rings is 3. The number of allylic oxidation sites excluding steroid dienone is 2. The van der Waals surface area contributed by atoms with Gasteiger partial charge in [0.2, 0.25) is 5.91 Å². The minimum Gasteiger partial charge on any atom is -0.504 e. The molecular weight excluding hydrogens is 421 g/mol. The number of aromatic hydroxyl groups is 1. The number of fused-ring (bicyclic) bond motifs is 1. The smallest absolute Gasteiger partial charge is 0.228 e. The fourth-order valence-corrected chi connectivity index (χ4v) is 4.00. The van der Waals surface area contributed by atoms with Crippen molar-refractivity contribution in [3.63, 3.8) is 0 Å². The Hall–Kier alpha value is -4.06. The molecule has 0 fully saturated rings. The zero-order valence-electron chi connectivity index (χ0n) is 18.6. The van der Waals surface area contributed by atoms with E-state index < -0.39 is 0 Å². The Kier molecular flexibility index (Phi) is 6.18. The number of ether oxygens (including phenoxy) is 2. The van der Waals surface area contributed by atoms with Gasteiger partial charge in [0.05, 0.1) is 20.6 Å². The molecule has 0 heterocycles. The first-order valence-electron chi connectivity index (χ1n) is 10.4. The van der Waals surface area contributed by atoms with Crippen LogP contribution >= 0.6 is 0 Å². The molecule has 33 heavy (non-hydrogen) atoms. The fourth-order valence-electron chi connectivity index (χ4n) is 4.00. The highest BCUT2D eigenvalue weighted by atomic mass is 19.1. The molecule has 3 aromatic rings. The second kappa shape index (κ2) is 9.20. The van der Waals surface area contributed by atoms with E-state index in [-0.39, 0.29) is 23.9 Å². The molecule has 5 nitrogen and oxygen atoms in total. The lowest BCUT2D eigenvalue weighted by Crippen LogP contribution is -2.12. The van der Waals surface area contributed by atoms with Crippen LogP contribution < -0.4 is 14.8 Å². The number of halogens is 1. The third-order valence-corrected chi connectivity index (χ3v) is 5.66. The van der Waals surface area contributed by atoms with Gasteiger partial charge in [0.1, 0.15) is 11.6 Å². The normalized spacial score (nSPS) is 13.8. The van der Waals surface area contributed by atoms with Crippen LogP contribution in [0, 0.1) is 5.82 Å². The van der Waals surface area contributed by atoms with E-state index in [1.54, 1.807) is 55.6 Å². The zero-order chi connectivity index (χ0) is 23.5. The molecule has 3 aromatic carbocycles. The highest BCUT2D eigenvalue weighted by Crippen LogP contribution is 2.44. The molecule has 2 N–H and O–H groups in total. The Morgan fingerprint density at radius 1 is 1.03 bits per heavy atom. The van der Waals surface area contributed by atoms with Crippen molar-refractivity contribution in [3.05, 3.63) is 88.7 Å². The number of hydrogen-bond donors (Lipinski definition) is 2. The molecule has 4 rings (SSSR count). The van der Waals surface area contributed by atoms with Crippen LogP contribution in [0.2, 0.25) is 0 Å².